The van der Waals surface area contributed by atoms with Crippen LogP contribution in [-0.4, -0.2) is 29.2 Å². The van der Waals surface area contributed by atoms with Crippen molar-refractivity contribution >= 4 is 12.0 Å². The molecule has 0 aromatic heterocycles. The maximum Gasteiger partial charge on any atom is 0.326 e. The fraction of sp³-hybridized carbons (Fsp3) is 0.857. The van der Waals surface area contributed by atoms with Gasteiger partial charge < -0.3 is 15.7 Å². The van der Waals surface area contributed by atoms with E-state index in [2.05, 4.69) is 24.5 Å². The van der Waals surface area contributed by atoms with Crippen molar-refractivity contribution in [3.63, 3.8) is 0 Å². The first kappa shape index (κ1) is 15.8. The summed E-state index contributed by atoms with van der Waals surface area (Å²) in [5.41, 5.74) is 0.256. The number of amides is 2. The van der Waals surface area contributed by atoms with Gasteiger partial charge in [-0.2, -0.15) is 0 Å². The molecule has 1 rings (SSSR count). The number of hydrogen-bond donors (Lipinski definition) is 3. The fourth-order valence-electron chi connectivity index (χ4n) is 2.75. The molecule has 5 heteroatoms. The van der Waals surface area contributed by atoms with Crippen molar-refractivity contribution in [3.05, 3.63) is 0 Å². The highest BCUT2D eigenvalue weighted by Gasteiger charge is 2.29. The third-order valence-electron chi connectivity index (χ3n) is 3.72. The minimum Gasteiger partial charge on any atom is -0.480 e. The van der Waals surface area contributed by atoms with Crippen LogP contribution in [0.5, 0.6) is 0 Å². The molecule has 110 valence electrons. The van der Waals surface area contributed by atoms with Crippen molar-refractivity contribution < 1.29 is 14.7 Å². The zero-order chi connectivity index (χ0) is 14.5. The lowest BCUT2D eigenvalue weighted by molar-refractivity contribution is -0.139. The second-order valence-electron chi connectivity index (χ2n) is 6.25. The Morgan fingerprint density at radius 1 is 1.42 bits per heavy atom. The average Bonchev–Trinajstić information content (AvgIpc) is 2.26. The van der Waals surface area contributed by atoms with Crippen molar-refractivity contribution in [1.82, 2.24) is 10.6 Å². The molecule has 0 aromatic carbocycles. The second kappa shape index (κ2) is 6.78. The van der Waals surface area contributed by atoms with Gasteiger partial charge in [-0.05, 0) is 31.1 Å². The van der Waals surface area contributed by atoms with Crippen LogP contribution >= 0.6 is 0 Å². The molecular formula is C14H26N2O3. The molecule has 1 aliphatic rings. The van der Waals surface area contributed by atoms with Gasteiger partial charge in [0.2, 0.25) is 0 Å². The minimum absolute atomic E-state index is 0.153. The third-order valence-corrected chi connectivity index (χ3v) is 3.72. The van der Waals surface area contributed by atoms with Crippen molar-refractivity contribution in [2.45, 2.75) is 71.4 Å². The van der Waals surface area contributed by atoms with Crippen LogP contribution in [0, 0.1) is 5.41 Å². The zero-order valence-electron chi connectivity index (χ0n) is 12.2. The summed E-state index contributed by atoms with van der Waals surface area (Å²) in [6.07, 6.45) is 5.40. The molecule has 0 radical (unpaired) electrons. The molecule has 2 atom stereocenters. The largest absolute Gasteiger partial charge is 0.480 e. The lowest BCUT2D eigenvalue weighted by atomic mass is 9.75. The Balaban J connectivity index is 2.43. The summed E-state index contributed by atoms with van der Waals surface area (Å²) in [5, 5.41) is 14.4. The van der Waals surface area contributed by atoms with Gasteiger partial charge in [0.25, 0.3) is 0 Å². The number of urea groups is 1. The number of nitrogens with one attached hydrogen (secondary N) is 2. The summed E-state index contributed by atoms with van der Waals surface area (Å²) in [7, 11) is 0. The molecule has 1 saturated carbocycles. The van der Waals surface area contributed by atoms with Gasteiger partial charge in [0.1, 0.15) is 6.04 Å². The van der Waals surface area contributed by atoms with Crippen molar-refractivity contribution in [2.75, 3.05) is 0 Å². The standard InChI is InChI=1S/C14H26N2O3/c1-4-6-11(12(17)18)16-13(19)15-10-7-5-8-14(2,3)9-10/h10-11H,4-9H2,1-3H3,(H,17,18)(H2,15,16,19). The van der Waals surface area contributed by atoms with Gasteiger partial charge in [-0.1, -0.05) is 33.6 Å². The van der Waals surface area contributed by atoms with Gasteiger partial charge >= 0.3 is 12.0 Å². The Labute approximate surface area is 115 Å². The maximum atomic E-state index is 11.8. The van der Waals surface area contributed by atoms with Crippen LogP contribution in [0.3, 0.4) is 0 Å². The number of carboxylic acid groups (broad SMARTS) is 1. The molecule has 0 bridgehead atoms. The molecule has 5 nitrogen and oxygen atoms in total. The van der Waals surface area contributed by atoms with E-state index in [4.69, 9.17) is 5.11 Å². The van der Waals surface area contributed by atoms with Gasteiger partial charge in [0.05, 0.1) is 0 Å². The molecule has 3 N–H and O–H groups in total. The van der Waals surface area contributed by atoms with Crippen molar-refractivity contribution in [1.29, 1.82) is 0 Å². The van der Waals surface area contributed by atoms with Crippen molar-refractivity contribution in [3.8, 4) is 0 Å². The van der Waals surface area contributed by atoms with Crippen LogP contribution in [0.1, 0.15) is 59.3 Å². The van der Waals surface area contributed by atoms with Gasteiger partial charge in [0.15, 0.2) is 0 Å². The van der Waals surface area contributed by atoms with E-state index in [1.165, 1.54) is 6.42 Å². The lowest BCUT2D eigenvalue weighted by Crippen LogP contribution is -2.50. The molecule has 1 aliphatic carbocycles. The summed E-state index contributed by atoms with van der Waals surface area (Å²) in [4.78, 5) is 22.8. The Morgan fingerprint density at radius 2 is 2.11 bits per heavy atom. The molecule has 0 spiro atoms. The molecule has 2 amide bonds. The second-order valence-corrected chi connectivity index (χ2v) is 6.25. The van der Waals surface area contributed by atoms with E-state index in [9.17, 15) is 9.59 Å². The minimum atomic E-state index is -0.971. The topological polar surface area (TPSA) is 78.4 Å². The Kier molecular flexibility index (Phi) is 5.63. The van der Waals surface area contributed by atoms with Crippen molar-refractivity contribution in [2.24, 2.45) is 5.41 Å². The highest BCUT2D eigenvalue weighted by Crippen LogP contribution is 2.34. The first-order valence-electron chi connectivity index (χ1n) is 7.14. The Morgan fingerprint density at radius 3 is 2.63 bits per heavy atom. The van der Waals surface area contributed by atoms with Gasteiger partial charge in [-0.15, -0.1) is 0 Å². The Hall–Kier alpha value is -1.26. The zero-order valence-corrected chi connectivity index (χ0v) is 12.2. The normalized spacial score (nSPS) is 23.4. The van der Waals surface area contributed by atoms with Gasteiger partial charge in [-0.3, -0.25) is 0 Å². The molecule has 19 heavy (non-hydrogen) atoms. The first-order chi connectivity index (χ1) is 8.84. The van der Waals surface area contributed by atoms with Gasteiger partial charge in [-0.25, -0.2) is 9.59 Å². The van der Waals surface area contributed by atoms with Crippen LogP contribution in [0.4, 0.5) is 4.79 Å². The summed E-state index contributed by atoms with van der Waals surface area (Å²) >= 11 is 0. The molecule has 0 saturated heterocycles. The summed E-state index contributed by atoms with van der Waals surface area (Å²) < 4.78 is 0. The number of carbonyl (C=O) groups excluding carboxylic acids is 1. The average molecular weight is 270 g/mol. The lowest BCUT2D eigenvalue weighted by Gasteiger charge is -2.35. The van der Waals surface area contributed by atoms with Crippen LogP contribution in [-0.2, 0) is 4.79 Å². The predicted molar refractivity (Wildman–Crippen MR) is 74.0 cm³/mol. The number of carbonyl (C=O) groups is 2. The fourth-order valence-corrected chi connectivity index (χ4v) is 2.75. The van der Waals surface area contributed by atoms with E-state index < -0.39 is 12.0 Å². The van der Waals surface area contributed by atoms with E-state index in [1.54, 1.807) is 0 Å². The first-order valence-corrected chi connectivity index (χ1v) is 7.14. The van der Waals surface area contributed by atoms with Crippen LogP contribution in [0.25, 0.3) is 0 Å². The number of hydrogen-bond acceptors (Lipinski definition) is 2. The van der Waals surface area contributed by atoms with Crippen LogP contribution in [0.15, 0.2) is 0 Å². The summed E-state index contributed by atoms with van der Waals surface area (Å²) in [6.45, 7) is 6.31. The van der Waals surface area contributed by atoms with E-state index in [-0.39, 0.29) is 17.5 Å². The molecule has 0 aromatic rings. The number of carboxylic acids is 1. The third kappa shape index (κ3) is 5.49. The molecule has 1 fully saturated rings. The van der Waals surface area contributed by atoms with Crippen LogP contribution < -0.4 is 10.6 Å². The molecular weight excluding hydrogens is 244 g/mol. The number of aliphatic carboxylic acids is 1. The summed E-state index contributed by atoms with van der Waals surface area (Å²) in [6, 6.07) is -0.995. The maximum absolute atomic E-state index is 11.8. The van der Waals surface area contributed by atoms with Gasteiger partial charge in [0, 0.05) is 6.04 Å². The molecule has 2 unspecified atom stereocenters. The van der Waals surface area contributed by atoms with Crippen LogP contribution in [0.2, 0.25) is 0 Å². The van der Waals surface area contributed by atoms with E-state index in [0.717, 1.165) is 25.7 Å². The molecule has 0 aliphatic heterocycles. The highest BCUT2D eigenvalue weighted by molar-refractivity contribution is 5.82. The quantitative estimate of drug-likeness (QED) is 0.718. The Bertz CT molecular complexity index is 329. The number of rotatable bonds is 5. The van der Waals surface area contributed by atoms with E-state index >= 15 is 0 Å². The smallest absolute Gasteiger partial charge is 0.326 e. The monoisotopic (exact) mass is 270 g/mol. The predicted octanol–water partition coefficient (Wildman–Crippen LogP) is 2.51. The van der Waals surface area contributed by atoms with E-state index in [1.807, 2.05) is 6.92 Å². The van der Waals surface area contributed by atoms with E-state index in [0.29, 0.717) is 6.42 Å². The molecule has 0 heterocycles. The summed E-state index contributed by atoms with van der Waals surface area (Å²) in [5.74, 6) is -0.971. The highest BCUT2D eigenvalue weighted by atomic mass is 16.4. The SMILES string of the molecule is CCCC(NC(=O)NC1CCCC(C)(C)C1)C(=O)O.